The van der Waals surface area contributed by atoms with Crippen LogP contribution in [0.25, 0.3) is 0 Å². The Balaban J connectivity index is 0.00000128. The van der Waals surface area contributed by atoms with E-state index in [-0.39, 0.29) is 7.43 Å². The summed E-state index contributed by atoms with van der Waals surface area (Å²) in [5.41, 5.74) is 2.88. The van der Waals surface area contributed by atoms with Gasteiger partial charge in [-0.25, -0.2) is 0 Å². The fraction of sp³-hybridized carbons (Fsp3) is 0.188. The van der Waals surface area contributed by atoms with E-state index in [0.29, 0.717) is 0 Å². The van der Waals surface area contributed by atoms with Crippen LogP contribution in [0.4, 0.5) is 0 Å². The summed E-state index contributed by atoms with van der Waals surface area (Å²) in [5.74, 6) is 0. The second kappa shape index (κ2) is 6.84. The zero-order chi connectivity index (χ0) is 10.3. The van der Waals surface area contributed by atoms with E-state index in [0.717, 1.165) is 0 Å². The molecule has 0 N–H and O–H groups in total. The van der Waals surface area contributed by atoms with Gasteiger partial charge in [-0.15, -0.1) is 0 Å². The summed E-state index contributed by atoms with van der Waals surface area (Å²) in [7, 11) is 0. The molecule has 16 heavy (non-hydrogen) atoms. The van der Waals surface area contributed by atoms with Gasteiger partial charge in [0.1, 0.15) is 0 Å². The topological polar surface area (TPSA) is 0 Å². The first-order valence-electron chi connectivity index (χ1n) is 5.53. The van der Waals surface area contributed by atoms with Gasteiger partial charge in [0, 0.05) is 0 Å². The van der Waals surface area contributed by atoms with Gasteiger partial charge < -0.3 is 0 Å². The lowest BCUT2D eigenvalue weighted by atomic mass is 10.0. The van der Waals surface area contributed by atoms with Crippen LogP contribution in [0.3, 0.4) is 0 Å². The van der Waals surface area contributed by atoms with E-state index in [1.54, 1.807) is 0 Å². The molecule has 0 saturated heterocycles. The van der Waals surface area contributed by atoms with Crippen molar-refractivity contribution in [2.45, 2.75) is 19.3 Å². The van der Waals surface area contributed by atoms with Gasteiger partial charge in [0.2, 0.25) is 0 Å². The Morgan fingerprint density at radius 2 is 0.938 bits per heavy atom. The Morgan fingerprint density at radius 1 is 0.562 bits per heavy atom. The Kier molecular flexibility index (Phi) is 5.35. The predicted molar refractivity (Wildman–Crippen MR) is 69.2 cm³/mol. The first-order valence-corrected chi connectivity index (χ1v) is 5.53. The van der Waals surface area contributed by atoms with Crippen LogP contribution in [-0.4, -0.2) is 0 Å². The summed E-state index contributed by atoms with van der Waals surface area (Å²) in [6, 6.07) is 21.4. The van der Waals surface area contributed by atoms with Crippen LogP contribution >= 0.6 is 0 Å². The molecule has 0 heterocycles. The normalized spacial score (nSPS) is 9.50. The van der Waals surface area contributed by atoms with E-state index in [4.69, 9.17) is 0 Å². The summed E-state index contributed by atoms with van der Waals surface area (Å²) < 4.78 is 0. The van der Waals surface area contributed by atoms with E-state index in [2.05, 4.69) is 60.7 Å². The van der Waals surface area contributed by atoms with Crippen molar-refractivity contribution >= 4 is 0 Å². The molecule has 0 aromatic heterocycles. The molecule has 0 nitrogen and oxygen atoms in total. The molecule has 0 aliphatic rings. The average Bonchev–Trinajstić information content (AvgIpc) is 2.32. The van der Waals surface area contributed by atoms with Crippen molar-refractivity contribution in [2.24, 2.45) is 0 Å². The second-order valence-electron chi connectivity index (χ2n) is 3.82. The van der Waals surface area contributed by atoms with Crippen LogP contribution < -0.4 is 0 Å². The second-order valence-corrected chi connectivity index (χ2v) is 3.82. The van der Waals surface area contributed by atoms with E-state index >= 15 is 0 Å². The standard InChI is InChI=1S/C15H16.CH/c1-3-8-14(9-4-1)12-7-13-15-10-5-2-6-11-15;/h1-6,8-11H,7,12-13H2;1H. The smallest absolute Gasteiger partial charge is 0.0276 e. The molecule has 0 atom stereocenters. The van der Waals surface area contributed by atoms with Gasteiger partial charge in [0.15, 0.2) is 0 Å². The summed E-state index contributed by atoms with van der Waals surface area (Å²) in [6.07, 6.45) is 3.58. The highest BCUT2D eigenvalue weighted by atomic mass is 14.0. The number of hydrogen-bond donors (Lipinski definition) is 0. The molecule has 0 amide bonds. The maximum absolute atomic E-state index is 2.20. The first-order chi connectivity index (χ1) is 7.45. The largest absolute Gasteiger partial charge is 0.0622 e. The predicted octanol–water partition coefficient (Wildman–Crippen LogP) is 4.07. The molecule has 0 fully saturated rings. The van der Waals surface area contributed by atoms with Gasteiger partial charge in [-0.05, 0) is 37.8 Å². The maximum atomic E-state index is 2.20. The minimum absolute atomic E-state index is 0. The van der Waals surface area contributed by atoms with Gasteiger partial charge >= 0.3 is 0 Å². The van der Waals surface area contributed by atoms with E-state index in [9.17, 15) is 0 Å². The molecule has 2 aromatic rings. The highest BCUT2D eigenvalue weighted by molar-refractivity contribution is 5.17. The SMILES string of the molecule is [CH].c1ccc(CCCc2ccccc2)cc1. The molecule has 0 aliphatic heterocycles. The Morgan fingerprint density at radius 3 is 1.31 bits per heavy atom. The van der Waals surface area contributed by atoms with Crippen LogP contribution in [-0.2, 0) is 12.8 Å². The zero-order valence-electron chi connectivity index (χ0n) is 9.47. The first kappa shape index (κ1) is 12.5. The fourth-order valence-corrected chi connectivity index (χ4v) is 1.79. The summed E-state index contributed by atoms with van der Waals surface area (Å²) in [6.45, 7) is 0. The number of benzene rings is 2. The molecule has 0 unspecified atom stereocenters. The number of hydrogen-bond acceptors (Lipinski definition) is 0. The van der Waals surface area contributed by atoms with Gasteiger partial charge in [-0.2, -0.15) is 0 Å². The van der Waals surface area contributed by atoms with Crippen molar-refractivity contribution < 1.29 is 0 Å². The van der Waals surface area contributed by atoms with Crippen LogP contribution in [0.1, 0.15) is 17.5 Å². The van der Waals surface area contributed by atoms with E-state index in [1.165, 1.54) is 30.4 Å². The van der Waals surface area contributed by atoms with Crippen molar-refractivity contribution in [1.29, 1.82) is 0 Å². The lowest BCUT2D eigenvalue weighted by Gasteiger charge is -2.01. The van der Waals surface area contributed by atoms with Crippen molar-refractivity contribution in [1.82, 2.24) is 0 Å². The highest BCUT2D eigenvalue weighted by Crippen LogP contribution is 2.07. The van der Waals surface area contributed by atoms with Gasteiger partial charge in [-0.1, -0.05) is 60.7 Å². The van der Waals surface area contributed by atoms with Crippen LogP contribution in [0, 0.1) is 7.43 Å². The zero-order valence-corrected chi connectivity index (χ0v) is 9.47. The van der Waals surface area contributed by atoms with Gasteiger partial charge in [0.05, 0.1) is 0 Å². The molecule has 0 bridgehead atoms. The minimum Gasteiger partial charge on any atom is -0.0622 e. The monoisotopic (exact) mass is 209 g/mol. The number of aryl methyl sites for hydroxylation is 2. The third-order valence-corrected chi connectivity index (χ3v) is 2.62. The van der Waals surface area contributed by atoms with Crippen LogP contribution in [0.2, 0.25) is 0 Å². The quantitative estimate of drug-likeness (QED) is 0.712. The van der Waals surface area contributed by atoms with Crippen molar-refractivity contribution in [3.05, 3.63) is 79.2 Å². The van der Waals surface area contributed by atoms with Crippen molar-refractivity contribution in [3.63, 3.8) is 0 Å². The number of rotatable bonds is 4. The highest BCUT2D eigenvalue weighted by Gasteiger charge is 1.93. The molecule has 2 aromatic carbocycles. The third kappa shape index (κ3) is 3.90. The molecule has 3 radical (unpaired) electrons. The van der Waals surface area contributed by atoms with Crippen LogP contribution in [0.15, 0.2) is 60.7 Å². The molecule has 81 valence electrons. The third-order valence-electron chi connectivity index (χ3n) is 2.62. The van der Waals surface area contributed by atoms with Crippen molar-refractivity contribution in [2.75, 3.05) is 0 Å². The molecule has 0 saturated carbocycles. The lowest BCUT2D eigenvalue weighted by Crippen LogP contribution is -1.89. The summed E-state index contributed by atoms with van der Waals surface area (Å²) >= 11 is 0. The van der Waals surface area contributed by atoms with Gasteiger partial charge in [-0.3, -0.25) is 0 Å². The minimum atomic E-state index is 0. The Labute approximate surface area is 99.0 Å². The molecular weight excluding hydrogens is 192 g/mol. The summed E-state index contributed by atoms with van der Waals surface area (Å²) in [5, 5.41) is 0. The molecule has 0 heteroatoms. The molecular formula is C16H17. The molecule has 2 rings (SSSR count). The van der Waals surface area contributed by atoms with Gasteiger partial charge in [0.25, 0.3) is 0 Å². The average molecular weight is 209 g/mol. The molecule has 0 aliphatic carbocycles. The lowest BCUT2D eigenvalue weighted by molar-refractivity contribution is 0.821. The Bertz CT molecular complexity index is 336. The Hall–Kier alpha value is -1.56. The van der Waals surface area contributed by atoms with Crippen molar-refractivity contribution in [3.8, 4) is 0 Å². The van der Waals surface area contributed by atoms with E-state index in [1.807, 2.05) is 0 Å². The van der Waals surface area contributed by atoms with E-state index < -0.39 is 0 Å². The maximum Gasteiger partial charge on any atom is -0.0276 e. The van der Waals surface area contributed by atoms with Crippen LogP contribution in [0.5, 0.6) is 0 Å². The summed E-state index contributed by atoms with van der Waals surface area (Å²) in [4.78, 5) is 0. The molecule has 0 spiro atoms. The fourth-order valence-electron chi connectivity index (χ4n) is 1.79.